The van der Waals surface area contributed by atoms with Crippen molar-refractivity contribution in [2.45, 2.75) is 57.8 Å². The lowest BCUT2D eigenvalue weighted by Gasteiger charge is -2.42. The van der Waals surface area contributed by atoms with Gasteiger partial charge in [0.2, 0.25) is 5.92 Å². The standard InChI is InChI=1S/C13H20F2O2/c1-2-17-11(16)10-9-13(14,15)8-7-12(10)5-3-4-6-12/h10H,2-9H2,1H3. The lowest BCUT2D eigenvalue weighted by atomic mass is 9.64. The molecule has 0 heterocycles. The van der Waals surface area contributed by atoms with Crippen molar-refractivity contribution >= 4 is 5.97 Å². The number of ether oxygens (including phenoxy) is 1. The highest BCUT2D eigenvalue weighted by Crippen LogP contribution is 2.56. The van der Waals surface area contributed by atoms with Gasteiger partial charge in [-0.2, -0.15) is 0 Å². The van der Waals surface area contributed by atoms with Gasteiger partial charge in [0.25, 0.3) is 0 Å². The molecule has 0 aromatic heterocycles. The molecule has 2 rings (SSSR count). The van der Waals surface area contributed by atoms with Crippen LogP contribution in [0.5, 0.6) is 0 Å². The first kappa shape index (κ1) is 12.8. The molecule has 0 saturated heterocycles. The SMILES string of the molecule is CCOC(=O)C1CC(F)(F)CCC12CCCC2. The molecule has 2 aliphatic carbocycles. The quantitative estimate of drug-likeness (QED) is 0.696. The van der Waals surface area contributed by atoms with E-state index in [4.69, 9.17) is 4.74 Å². The molecule has 2 saturated carbocycles. The zero-order valence-corrected chi connectivity index (χ0v) is 10.3. The van der Waals surface area contributed by atoms with Crippen LogP contribution in [-0.2, 0) is 9.53 Å². The van der Waals surface area contributed by atoms with Crippen LogP contribution in [0.25, 0.3) is 0 Å². The highest BCUT2D eigenvalue weighted by molar-refractivity contribution is 5.73. The Bertz CT molecular complexity index is 296. The first-order valence-electron chi connectivity index (χ1n) is 6.54. The van der Waals surface area contributed by atoms with E-state index in [1.54, 1.807) is 6.92 Å². The first-order valence-corrected chi connectivity index (χ1v) is 6.54. The number of rotatable bonds is 2. The molecule has 0 radical (unpaired) electrons. The third kappa shape index (κ3) is 2.45. The van der Waals surface area contributed by atoms with Crippen molar-refractivity contribution < 1.29 is 18.3 Å². The highest BCUT2D eigenvalue weighted by Gasteiger charge is 2.54. The van der Waals surface area contributed by atoms with Crippen LogP contribution in [-0.4, -0.2) is 18.5 Å². The number of halogens is 2. The van der Waals surface area contributed by atoms with Crippen LogP contribution in [0.3, 0.4) is 0 Å². The Labute approximate surface area is 101 Å². The Balaban J connectivity index is 2.17. The molecule has 2 fully saturated rings. The van der Waals surface area contributed by atoms with Gasteiger partial charge < -0.3 is 4.74 Å². The number of carbonyl (C=O) groups excluding carboxylic acids is 1. The summed E-state index contributed by atoms with van der Waals surface area (Å²) in [5.74, 6) is -3.69. The zero-order valence-electron chi connectivity index (χ0n) is 10.3. The lowest BCUT2D eigenvalue weighted by molar-refractivity contribution is -0.167. The average Bonchev–Trinajstić information content (AvgIpc) is 2.72. The maximum absolute atomic E-state index is 13.5. The van der Waals surface area contributed by atoms with Crippen molar-refractivity contribution in [1.82, 2.24) is 0 Å². The molecule has 1 spiro atoms. The van der Waals surface area contributed by atoms with Gasteiger partial charge >= 0.3 is 5.97 Å². The van der Waals surface area contributed by atoms with Gasteiger partial charge in [-0.05, 0) is 31.6 Å². The minimum Gasteiger partial charge on any atom is -0.466 e. The summed E-state index contributed by atoms with van der Waals surface area (Å²) in [6.45, 7) is 2.00. The molecule has 0 aromatic rings. The predicted molar refractivity (Wildman–Crippen MR) is 59.8 cm³/mol. The maximum Gasteiger partial charge on any atom is 0.309 e. The van der Waals surface area contributed by atoms with E-state index < -0.39 is 17.8 Å². The average molecular weight is 246 g/mol. The van der Waals surface area contributed by atoms with E-state index in [9.17, 15) is 13.6 Å². The normalized spacial score (nSPS) is 30.4. The Morgan fingerprint density at radius 2 is 1.88 bits per heavy atom. The van der Waals surface area contributed by atoms with Crippen LogP contribution >= 0.6 is 0 Å². The summed E-state index contributed by atoms with van der Waals surface area (Å²) >= 11 is 0. The second-order valence-electron chi connectivity index (χ2n) is 5.43. The minimum absolute atomic E-state index is 0.0666. The van der Waals surface area contributed by atoms with Gasteiger partial charge in [0.1, 0.15) is 0 Å². The maximum atomic E-state index is 13.5. The van der Waals surface area contributed by atoms with Crippen LogP contribution in [0.4, 0.5) is 8.78 Å². The number of carbonyl (C=O) groups is 1. The molecule has 98 valence electrons. The van der Waals surface area contributed by atoms with Gasteiger partial charge in [-0.25, -0.2) is 8.78 Å². The third-order valence-electron chi connectivity index (χ3n) is 4.40. The highest BCUT2D eigenvalue weighted by atomic mass is 19.3. The molecule has 17 heavy (non-hydrogen) atoms. The molecule has 1 atom stereocenters. The molecule has 0 aromatic carbocycles. The molecule has 0 N–H and O–H groups in total. The molecule has 4 heteroatoms. The molecule has 0 amide bonds. The van der Waals surface area contributed by atoms with E-state index in [1.165, 1.54) is 0 Å². The smallest absolute Gasteiger partial charge is 0.309 e. The molecular weight excluding hydrogens is 226 g/mol. The molecular formula is C13H20F2O2. The van der Waals surface area contributed by atoms with Crippen molar-refractivity contribution in [3.63, 3.8) is 0 Å². The fourth-order valence-electron chi connectivity index (χ4n) is 3.48. The zero-order chi connectivity index (χ0) is 12.5. The summed E-state index contributed by atoms with van der Waals surface area (Å²) in [6.07, 6.45) is 4.03. The van der Waals surface area contributed by atoms with Crippen molar-refractivity contribution in [2.75, 3.05) is 6.61 Å². The largest absolute Gasteiger partial charge is 0.466 e. The number of alkyl halides is 2. The molecule has 2 nitrogen and oxygen atoms in total. The Kier molecular flexibility index (Phi) is 3.41. The van der Waals surface area contributed by atoms with Crippen LogP contribution in [0.15, 0.2) is 0 Å². The summed E-state index contributed by atoms with van der Waals surface area (Å²) in [6, 6.07) is 0. The summed E-state index contributed by atoms with van der Waals surface area (Å²) in [4.78, 5) is 11.9. The van der Waals surface area contributed by atoms with Gasteiger partial charge in [0.15, 0.2) is 0 Å². The van der Waals surface area contributed by atoms with Crippen LogP contribution < -0.4 is 0 Å². The van der Waals surface area contributed by atoms with Crippen molar-refractivity contribution in [3.05, 3.63) is 0 Å². The van der Waals surface area contributed by atoms with E-state index in [0.29, 0.717) is 6.42 Å². The van der Waals surface area contributed by atoms with E-state index in [-0.39, 0.29) is 24.9 Å². The molecule has 1 unspecified atom stereocenters. The van der Waals surface area contributed by atoms with Gasteiger partial charge in [-0.1, -0.05) is 12.8 Å². The second kappa shape index (κ2) is 4.54. The summed E-state index contributed by atoms with van der Waals surface area (Å²) in [5.41, 5.74) is -0.187. The Hall–Kier alpha value is -0.670. The monoisotopic (exact) mass is 246 g/mol. The Morgan fingerprint density at radius 3 is 2.47 bits per heavy atom. The van der Waals surface area contributed by atoms with Gasteiger partial charge in [0.05, 0.1) is 12.5 Å². The summed E-state index contributed by atoms with van der Waals surface area (Å²) in [7, 11) is 0. The fourth-order valence-corrected chi connectivity index (χ4v) is 3.48. The second-order valence-corrected chi connectivity index (χ2v) is 5.43. The van der Waals surface area contributed by atoms with Crippen molar-refractivity contribution in [2.24, 2.45) is 11.3 Å². The van der Waals surface area contributed by atoms with Crippen molar-refractivity contribution in [1.29, 1.82) is 0 Å². The van der Waals surface area contributed by atoms with E-state index in [1.807, 2.05) is 0 Å². The Morgan fingerprint density at radius 1 is 1.24 bits per heavy atom. The van der Waals surface area contributed by atoms with Gasteiger partial charge in [-0.3, -0.25) is 4.79 Å². The summed E-state index contributed by atoms with van der Waals surface area (Å²) in [5, 5.41) is 0. The fraction of sp³-hybridized carbons (Fsp3) is 0.923. The van der Waals surface area contributed by atoms with Gasteiger partial charge in [0, 0.05) is 12.8 Å². The first-order chi connectivity index (χ1) is 7.99. The lowest BCUT2D eigenvalue weighted by Crippen LogP contribution is -2.44. The van der Waals surface area contributed by atoms with E-state index in [0.717, 1.165) is 25.7 Å². The molecule has 0 aliphatic heterocycles. The van der Waals surface area contributed by atoms with Crippen LogP contribution in [0.1, 0.15) is 51.9 Å². The van der Waals surface area contributed by atoms with Gasteiger partial charge in [-0.15, -0.1) is 0 Å². The topological polar surface area (TPSA) is 26.3 Å². The third-order valence-corrected chi connectivity index (χ3v) is 4.40. The van der Waals surface area contributed by atoms with Crippen LogP contribution in [0, 0.1) is 11.3 Å². The molecule has 0 bridgehead atoms. The molecule has 2 aliphatic rings. The van der Waals surface area contributed by atoms with Crippen LogP contribution in [0.2, 0.25) is 0 Å². The van der Waals surface area contributed by atoms with E-state index >= 15 is 0 Å². The predicted octanol–water partition coefficient (Wildman–Crippen LogP) is 3.55. The number of hydrogen-bond donors (Lipinski definition) is 0. The number of esters is 1. The number of hydrogen-bond acceptors (Lipinski definition) is 2. The van der Waals surface area contributed by atoms with E-state index in [2.05, 4.69) is 0 Å². The van der Waals surface area contributed by atoms with Crippen molar-refractivity contribution in [3.8, 4) is 0 Å². The summed E-state index contributed by atoms with van der Waals surface area (Å²) < 4.78 is 32.0. The minimum atomic E-state index is -2.69.